The number of benzene rings is 1. The molecule has 0 aliphatic rings. The zero-order valence-electron chi connectivity index (χ0n) is 8.80. The maximum Gasteiger partial charge on any atom is 0.191 e. The zero-order chi connectivity index (χ0) is 11.5. The fraction of sp³-hybridized carbons (Fsp3) is 0.400. The van der Waals surface area contributed by atoms with E-state index < -0.39 is 9.84 Å². The molecule has 0 heterocycles. The van der Waals surface area contributed by atoms with Gasteiger partial charge in [0.15, 0.2) is 9.84 Å². The molecule has 2 N–H and O–H groups in total. The first-order valence-corrected chi connectivity index (χ1v) is 6.30. The Morgan fingerprint density at radius 2 is 1.80 bits per heavy atom. The predicted molar refractivity (Wildman–Crippen MR) is 58.4 cm³/mol. The maximum atomic E-state index is 11.4. The molecule has 1 rings (SSSR count). The molecule has 1 aromatic rings. The first-order chi connectivity index (χ1) is 6.95. The van der Waals surface area contributed by atoms with Gasteiger partial charge in [-0.05, 0) is 38.1 Å². The van der Waals surface area contributed by atoms with Gasteiger partial charge in [0.2, 0.25) is 0 Å². The molecule has 0 unspecified atom stereocenters. The molecule has 0 aromatic heterocycles. The molecule has 0 saturated carbocycles. The topological polar surface area (TPSA) is 69.4 Å². The van der Waals surface area contributed by atoms with Crippen LogP contribution in [0.4, 0.5) is 0 Å². The van der Waals surface area contributed by atoms with Gasteiger partial charge in [-0.15, -0.1) is 0 Å². The fourth-order valence-corrected chi connectivity index (χ4v) is 1.84. The molecular formula is C10H15NO3S. The molecule has 0 aliphatic carbocycles. The Labute approximate surface area is 90.0 Å². The number of nitrogens with two attached hydrogens (primary N) is 1. The van der Waals surface area contributed by atoms with Crippen LogP contribution in [0, 0.1) is 0 Å². The van der Waals surface area contributed by atoms with Gasteiger partial charge >= 0.3 is 0 Å². The minimum atomic E-state index is -3.32. The van der Waals surface area contributed by atoms with Crippen molar-refractivity contribution in [3.8, 4) is 5.75 Å². The highest BCUT2D eigenvalue weighted by molar-refractivity contribution is 7.91. The first-order valence-electron chi connectivity index (χ1n) is 4.65. The molecule has 15 heavy (non-hydrogen) atoms. The van der Waals surface area contributed by atoms with Gasteiger partial charge in [-0.2, -0.15) is 0 Å². The predicted octanol–water partition coefficient (Wildman–Crippen LogP) is 1.16. The van der Waals surface area contributed by atoms with E-state index in [9.17, 15) is 8.42 Å². The van der Waals surface area contributed by atoms with Crippen molar-refractivity contribution in [3.63, 3.8) is 0 Å². The quantitative estimate of drug-likeness (QED) is 0.841. The zero-order valence-corrected chi connectivity index (χ0v) is 9.62. The van der Waals surface area contributed by atoms with Gasteiger partial charge in [0.1, 0.15) is 11.6 Å². The maximum absolute atomic E-state index is 11.4. The third-order valence-corrected chi connectivity index (χ3v) is 3.20. The Kier molecular flexibility index (Phi) is 3.71. The summed E-state index contributed by atoms with van der Waals surface area (Å²) in [5.74, 6) is 0.276. The first kappa shape index (κ1) is 12.0. The fourth-order valence-electron chi connectivity index (χ4n) is 1.09. The minimum absolute atomic E-state index is 0.0713. The summed E-state index contributed by atoms with van der Waals surface area (Å²) in [6, 6.07) is 6.25. The van der Waals surface area contributed by atoms with Gasteiger partial charge in [-0.1, -0.05) is 0 Å². The van der Waals surface area contributed by atoms with E-state index in [4.69, 9.17) is 10.5 Å². The van der Waals surface area contributed by atoms with E-state index in [1.807, 2.05) is 13.8 Å². The molecule has 0 atom stereocenters. The molecule has 5 heteroatoms. The molecule has 1 aromatic carbocycles. The number of rotatable bonds is 4. The van der Waals surface area contributed by atoms with Crippen molar-refractivity contribution < 1.29 is 13.2 Å². The third kappa shape index (κ3) is 3.21. The summed E-state index contributed by atoms with van der Waals surface area (Å²) in [5, 5.41) is 0. The van der Waals surface area contributed by atoms with E-state index in [1.165, 1.54) is 12.1 Å². The second-order valence-electron chi connectivity index (χ2n) is 3.42. The second-order valence-corrected chi connectivity index (χ2v) is 5.45. The van der Waals surface area contributed by atoms with Gasteiger partial charge in [0.25, 0.3) is 0 Å². The van der Waals surface area contributed by atoms with Gasteiger partial charge in [-0.25, -0.2) is 8.42 Å². The van der Waals surface area contributed by atoms with Crippen LogP contribution < -0.4 is 10.5 Å². The van der Waals surface area contributed by atoms with Gasteiger partial charge in [-0.3, -0.25) is 0 Å². The third-order valence-electron chi connectivity index (χ3n) is 1.77. The smallest absolute Gasteiger partial charge is 0.191 e. The van der Waals surface area contributed by atoms with Crippen molar-refractivity contribution in [1.29, 1.82) is 0 Å². The van der Waals surface area contributed by atoms with Crippen LogP contribution in [-0.2, 0) is 9.84 Å². The number of sulfone groups is 1. The van der Waals surface area contributed by atoms with E-state index in [2.05, 4.69) is 0 Å². The number of ether oxygens (including phenoxy) is 1. The van der Waals surface area contributed by atoms with Crippen molar-refractivity contribution in [2.45, 2.75) is 24.8 Å². The van der Waals surface area contributed by atoms with Gasteiger partial charge in [0, 0.05) is 0 Å². The Morgan fingerprint density at radius 3 is 2.20 bits per heavy atom. The summed E-state index contributed by atoms with van der Waals surface area (Å²) in [7, 11) is -3.32. The summed E-state index contributed by atoms with van der Waals surface area (Å²) in [5.41, 5.74) is 5.14. The lowest BCUT2D eigenvalue weighted by atomic mass is 10.3. The second kappa shape index (κ2) is 4.63. The summed E-state index contributed by atoms with van der Waals surface area (Å²) in [6.45, 7) is 3.81. The number of hydrogen-bond acceptors (Lipinski definition) is 4. The molecule has 0 spiro atoms. The van der Waals surface area contributed by atoms with Crippen LogP contribution in [0.5, 0.6) is 5.75 Å². The lowest BCUT2D eigenvalue weighted by Crippen LogP contribution is -2.14. The van der Waals surface area contributed by atoms with Crippen molar-refractivity contribution in [3.05, 3.63) is 24.3 Å². The molecule has 0 amide bonds. The molecular weight excluding hydrogens is 214 g/mol. The Morgan fingerprint density at radius 1 is 1.27 bits per heavy atom. The van der Waals surface area contributed by atoms with Crippen molar-refractivity contribution >= 4 is 9.84 Å². The summed E-state index contributed by atoms with van der Waals surface area (Å²) >= 11 is 0. The Bertz CT molecular complexity index is 409. The number of hydrogen-bond donors (Lipinski definition) is 1. The van der Waals surface area contributed by atoms with E-state index in [-0.39, 0.29) is 16.9 Å². The Hall–Kier alpha value is -1.07. The van der Waals surface area contributed by atoms with Crippen LogP contribution in [0.3, 0.4) is 0 Å². The van der Waals surface area contributed by atoms with E-state index in [0.29, 0.717) is 5.75 Å². The van der Waals surface area contributed by atoms with Crippen molar-refractivity contribution in [1.82, 2.24) is 0 Å². The van der Waals surface area contributed by atoms with Crippen LogP contribution in [-0.4, -0.2) is 20.4 Å². The lowest BCUT2D eigenvalue weighted by Gasteiger charge is -2.09. The van der Waals surface area contributed by atoms with E-state index in [0.717, 1.165) is 0 Å². The highest BCUT2D eigenvalue weighted by Crippen LogP contribution is 2.17. The SMILES string of the molecule is CC(C)Oc1ccc(S(=O)(=O)CN)cc1. The highest BCUT2D eigenvalue weighted by Gasteiger charge is 2.11. The average molecular weight is 229 g/mol. The van der Waals surface area contributed by atoms with Gasteiger partial charge in [0.05, 0.1) is 11.0 Å². The van der Waals surface area contributed by atoms with Gasteiger partial charge < -0.3 is 10.5 Å². The van der Waals surface area contributed by atoms with Crippen molar-refractivity contribution in [2.75, 3.05) is 5.88 Å². The average Bonchev–Trinajstić information content (AvgIpc) is 2.18. The molecule has 0 radical (unpaired) electrons. The molecule has 84 valence electrons. The van der Waals surface area contributed by atoms with E-state index >= 15 is 0 Å². The van der Waals surface area contributed by atoms with Crippen LogP contribution in [0.25, 0.3) is 0 Å². The van der Waals surface area contributed by atoms with Crippen molar-refractivity contribution in [2.24, 2.45) is 5.73 Å². The van der Waals surface area contributed by atoms with Crippen LogP contribution in [0.1, 0.15) is 13.8 Å². The highest BCUT2D eigenvalue weighted by atomic mass is 32.2. The van der Waals surface area contributed by atoms with Crippen LogP contribution >= 0.6 is 0 Å². The molecule has 0 aliphatic heterocycles. The molecule has 0 saturated heterocycles. The summed E-state index contributed by atoms with van der Waals surface area (Å²) in [4.78, 5) is 0.223. The van der Waals surface area contributed by atoms with E-state index in [1.54, 1.807) is 12.1 Å². The summed E-state index contributed by atoms with van der Waals surface area (Å²) < 4.78 is 28.1. The molecule has 0 fully saturated rings. The largest absolute Gasteiger partial charge is 0.491 e. The minimum Gasteiger partial charge on any atom is -0.491 e. The lowest BCUT2D eigenvalue weighted by molar-refractivity contribution is 0.242. The molecule has 4 nitrogen and oxygen atoms in total. The molecule has 0 bridgehead atoms. The standard InChI is InChI=1S/C10H15NO3S/c1-8(2)14-9-3-5-10(6-4-9)15(12,13)7-11/h3-6,8H,7,11H2,1-2H3. The monoisotopic (exact) mass is 229 g/mol. The summed E-state index contributed by atoms with van der Waals surface area (Å²) in [6.07, 6.45) is 0.0713. The van der Waals surface area contributed by atoms with Crippen LogP contribution in [0.15, 0.2) is 29.2 Å². The van der Waals surface area contributed by atoms with Crippen LogP contribution in [0.2, 0.25) is 0 Å². The Balaban J connectivity index is 2.91. The normalized spacial score (nSPS) is 11.7.